The normalized spacial score (nSPS) is 38.5. The van der Waals surface area contributed by atoms with Gasteiger partial charge < -0.3 is 0 Å². The Balaban J connectivity index is 2.52. The molecule has 11 heavy (non-hydrogen) atoms. The average Bonchev–Trinajstić information content (AvgIpc) is 1.94. The third kappa shape index (κ3) is 2.16. The van der Waals surface area contributed by atoms with Gasteiger partial charge in [-0.2, -0.15) is 0 Å². The fourth-order valence-electron chi connectivity index (χ4n) is 1.53. The number of hydrogen-bond donors (Lipinski definition) is 0. The maximum Gasteiger partial charge on any atom is 0.0325 e. The van der Waals surface area contributed by atoms with Crippen LogP contribution in [0.4, 0.5) is 0 Å². The first-order valence-electron chi connectivity index (χ1n) is 4.14. The molecular weight excluding hydrogens is 156 g/mol. The summed E-state index contributed by atoms with van der Waals surface area (Å²) in [7, 11) is -0.563. The largest absolute Gasteiger partial charge is 0.259 e. The third-order valence-corrected chi connectivity index (χ3v) is 4.16. The predicted molar refractivity (Wildman–Crippen MR) is 50.0 cm³/mol. The van der Waals surface area contributed by atoms with E-state index in [9.17, 15) is 4.21 Å². The molecular formula is C9H16OS. The zero-order valence-corrected chi connectivity index (χ0v) is 8.12. The minimum absolute atomic E-state index is 0.380. The van der Waals surface area contributed by atoms with Crippen molar-refractivity contribution < 1.29 is 4.21 Å². The topological polar surface area (TPSA) is 17.1 Å². The van der Waals surface area contributed by atoms with E-state index < -0.39 is 10.8 Å². The smallest absolute Gasteiger partial charge is 0.0325 e. The fourth-order valence-corrected chi connectivity index (χ4v) is 2.90. The zero-order chi connectivity index (χ0) is 8.43. The lowest BCUT2D eigenvalue weighted by molar-refractivity contribution is 0.512. The molecule has 1 aliphatic rings. The van der Waals surface area contributed by atoms with Crippen LogP contribution in [0.1, 0.15) is 26.7 Å². The predicted octanol–water partition coefficient (Wildman–Crippen LogP) is 2.11. The van der Waals surface area contributed by atoms with Crippen molar-refractivity contribution in [1.29, 1.82) is 0 Å². The third-order valence-electron chi connectivity index (χ3n) is 2.43. The van der Waals surface area contributed by atoms with Crippen molar-refractivity contribution in [2.24, 2.45) is 5.92 Å². The molecule has 1 nitrogen and oxygen atoms in total. The Morgan fingerprint density at radius 2 is 2.27 bits per heavy atom. The van der Waals surface area contributed by atoms with E-state index in [2.05, 4.69) is 20.4 Å². The first-order valence-corrected chi connectivity index (χ1v) is 5.52. The molecule has 0 aromatic carbocycles. The van der Waals surface area contributed by atoms with Crippen molar-refractivity contribution in [3.8, 4) is 0 Å². The van der Waals surface area contributed by atoms with Gasteiger partial charge in [0.2, 0.25) is 0 Å². The molecule has 1 saturated heterocycles. The standard InChI is InChI=1S/C9H16OS/c1-7(2)9-4-5-11(10)8(3)6-9/h8-9H,1,4-6H2,2-3H3/t8-,9?,11?/m1/s1. The highest BCUT2D eigenvalue weighted by Crippen LogP contribution is 2.26. The van der Waals surface area contributed by atoms with Gasteiger partial charge in [0.25, 0.3) is 0 Å². The van der Waals surface area contributed by atoms with Crippen molar-refractivity contribution in [3.05, 3.63) is 12.2 Å². The summed E-state index contributed by atoms with van der Waals surface area (Å²) in [6.07, 6.45) is 2.15. The van der Waals surface area contributed by atoms with Gasteiger partial charge in [0, 0.05) is 21.8 Å². The molecule has 0 N–H and O–H groups in total. The SMILES string of the molecule is C=C(C)C1CCS(=O)[C@H](C)C1. The van der Waals surface area contributed by atoms with Crippen LogP contribution in [0.5, 0.6) is 0 Å². The molecule has 64 valence electrons. The molecule has 0 aromatic rings. The molecule has 2 unspecified atom stereocenters. The van der Waals surface area contributed by atoms with Crippen LogP contribution in [0.3, 0.4) is 0 Å². The summed E-state index contributed by atoms with van der Waals surface area (Å²) in [5.74, 6) is 1.50. The molecule has 0 saturated carbocycles. The van der Waals surface area contributed by atoms with Gasteiger partial charge in [-0.3, -0.25) is 4.21 Å². The Bertz CT molecular complexity index is 186. The van der Waals surface area contributed by atoms with Crippen molar-refractivity contribution in [2.75, 3.05) is 5.75 Å². The minimum atomic E-state index is -0.563. The molecule has 0 aliphatic carbocycles. The van der Waals surface area contributed by atoms with E-state index in [1.165, 1.54) is 5.57 Å². The van der Waals surface area contributed by atoms with Crippen LogP contribution in [0.15, 0.2) is 12.2 Å². The summed E-state index contributed by atoms with van der Waals surface area (Å²) in [4.78, 5) is 0. The zero-order valence-electron chi connectivity index (χ0n) is 7.30. The lowest BCUT2D eigenvalue weighted by Gasteiger charge is -2.26. The second-order valence-electron chi connectivity index (χ2n) is 3.46. The molecule has 1 heterocycles. The van der Waals surface area contributed by atoms with E-state index in [-0.39, 0.29) is 0 Å². The Hall–Kier alpha value is -0.110. The Morgan fingerprint density at radius 3 is 2.73 bits per heavy atom. The van der Waals surface area contributed by atoms with Crippen LogP contribution in [0.25, 0.3) is 0 Å². The van der Waals surface area contributed by atoms with Crippen molar-refractivity contribution in [3.63, 3.8) is 0 Å². The Kier molecular flexibility index (Phi) is 2.88. The lowest BCUT2D eigenvalue weighted by Crippen LogP contribution is -2.26. The van der Waals surface area contributed by atoms with Crippen LogP contribution >= 0.6 is 0 Å². The van der Waals surface area contributed by atoms with Crippen LogP contribution in [0.2, 0.25) is 0 Å². The molecule has 1 fully saturated rings. The van der Waals surface area contributed by atoms with Crippen molar-refractivity contribution in [1.82, 2.24) is 0 Å². The molecule has 2 heteroatoms. The number of allylic oxidation sites excluding steroid dienone is 1. The van der Waals surface area contributed by atoms with Gasteiger partial charge in [-0.25, -0.2) is 0 Å². The van der Waals surface area contributed by atoms with E-state index in [1.54, 1.807) is 0 Å². The molecule has 0 amide bonds. The van der Waals surface area contributed by atoms with Gasteiger partial charge in [-0.05, 0) is 25.7 Å². The summed E-state index contributed by atoms with van der Waals surface area (Å²) in [5.41, 5.74) is 1.26. The van der Waals surface area contributed by atoms with E-state index in [0.717, 1.165) is 18.6 Å². The van der Waals surface area contributed by atoms with E-state index in [1.807, 2.05) is 0 Å². The molecule has 0 spiro atoms. The molecule has 3 atom stereocenters. The van der Waals surface area contributed by atoms with Gasteiger partial charge in [0.1, 0.15) is 0 Å². The molecule has 0 bridgehead atoms. The van der Waals surface area contributed by atoms with Gasteiger partial charge in [0.05, 0.1) is 0 Å². The minimum Gasteiger partial charge on any atom is -0.259 e. The molecule has 1 aliphatic heterocycles. The second kappa shape index (κ2) is 3.53. The van der Waals surface area contributed by atoms with Crippen LogP contribution < -0.4 is 0 Å². The highest BCUT2D eigenvalue weighted by atomic mass is 32.2. The highest BCUT2D eigenvalue weighted by molar-refractivity contribution is 7.85. The Labute approximate surface area is 71.3 Å². The van der Waals surface area contributed by atoms with Gasteiger partial charge in [0.15, 0.2) is 0 Å². The lowest BCUT2D eigenvalue weighted by atomic mass is 9.93. The van der Waals surface area contributed by atoms with Gasteiger partial charge >= 0.3 is 0 Å². The van der Waals surface area contributed by atoms with E-state index >= 15 is 0 Å². The van der Waals surface area contributed by atoms with Crippen LogP contribution in [-0.2, 0) is 10.8 Å². The monoisotopic (exact) mass is 172 g/mol. The maximum atomic E-state index is 11.2. The first-order chi connectivity index (χ1) is 5.11. The number of rotatable bonds is 1. The average molecular weight is 172 g/mol. The van der Waals surface area contributed by atoms with E-state index in [0.29, 0.717) is 11.2 Å². The highest BCUT2D eigenvalue weighted by Gasteiger charge is 2.24. The van der Waals surface area contributed by atoms with Crippen molar-refractivity contribution >= 4 is 10.8 Å². The van der Waals surface area contributed by atoms with Crippen molar-refractivity contribution in [2.45, 2.75) is 31.9 Å². The first kappa shape index (κ1) is 8.98. The van der Waals surface area contributed by atoms with Crippen LogP contribution in [0, 0.1) is 5.92 Å². The van der Waals surface area contributed by atoms with Gasteiger partial charge in [-0.15, -0.1) is 0 Å². The summed E-state index contributed by atoms with van der Waals surface area (Å²) >= 11 is 0. The van der Waals surface area contributed by atoms with Crippen LogP contribution in [-0.4, -0.2) is 15.2 Å². The Morgan fingerprint density at radius 1 is 1.64 bits per heavy atom. The molecule has 1 rings (SSSR count). The summed E-state index contributed by atoms with van der Waals surface area (Å²) < 4.78 is 11.2. The van der Waals surface area contributed by atoms with E-state index in [4.69, 9.17) is 0 Å². The maximum absolute atomic E-state index is 11.2. The van der Waals surface area contributed by atoms with Gasteiger partial charge in [-0.1, -0.05) is 19.1 Å². The summed E-state index contributed by atoms with van der Waals surface area (Å²) in [5, 5.41) is 0.380. The fraction of sp³-hybridized carbons (Fsp3) is 0.778. The summed E-state index contributed by atoms with van der Waals surface area (Å²) in [6, 6.07) is 0. The second-order valence-corrected chi connectivity index (χ2v) is 5.44. The molecule has 0 aromatic heterocycles. The summed E-state index contributed by atoms with van der Waals surface area (Å²) in [6.45, 7) is 8.09. The molecule has 0 radical (unpaired) electrons. The quantitative estimate of drug-likeness (QED) is 0.554. The number of hydrogen-bond acceptors (Lipinski definition) is 1.